The molecule has 0 aromatic heterocycles. The van der Waals surface area contributed by atoms with Crippen LogP contribution in [0, 0.1) is 10.8 Å². The van der Waals surface area contributed by atoms with E-state index in [1.165, 1.54) is 0 Å². The minimum Gasteiger partial charge on any atom is -0.481 e. The van der Waals surface area contributed by atoms with E-state index in [2.05, 4.69) is 5.32 Å². The molecule has 1 aliphatic rings. The van der Waals surface area contributed by atoms with Crippen LogP contribution in [0.25, 0.3) is 0 Å². The number of amides is 1. The van der Waals surface area contributed by atoms with E-state index in [1.807, 2.05) is 20.8 Å². The van der Waals surface area contributed by atoms with Crippen molar-refractivity contribution in [3.63, 3.8) is 0 Å². The van der Waals surface area contributed by atoms with E-state index < -0.39 is 11.4 Å². The largest absolute Gasteiger partial charge is 0.481 e. The number of aliphatic carboxylic acids is 1. The Balaban J connectivity index is 2.53. The van der Waals surface area contributed by atoms with Crippen LogP contribution in [-0.2, 0) is 14.3 Å². The SMILES string of the molecule is CC(C)(C)CC(=O)NCC1(C(=O)O)CCOCC1. The van der Waals surface area contributed by atoms with Gasteiger partial charge in [0.1, 0.15) is 0 Å². The molecular weight excluding hydrogens is 234 g/mol. The second kappa shape index (κ2) is 5.69. The molecule has 0 aromatic carbocycles. The van der Waals surface area contributed by atoms with Crippen LogP contribution in [-0.4, -0.2) is 36.7 Å². The average Bonchev–Trinajstić information content (AvgIpc) is 2.25. The van der Waals surface area contributed by atoms with Crippen LogP contribution in [0.2, 0.25) is 0 Å². The molecule has 1 aliphatic heterocycles. The third-order valence-electron chi connectivity index (χ3n) is 3.22. The molecule has 1 heterocycles. The molecule has 1 fully saturated rings. The van der Waals surface area contributed by atoms with Gasteiger partial charge in [-0.3, -0.25) is 9.59 Å². The summed E-state index contributed by atoms with van der Waals surface area (Å²) in [6.45, 7) is 7.03. The summed E-state index contributed by atoms with van der Waals surface area (Å²) in [5, 5.41) is 12.1. The third-order valence-corrected chi connectivity index (χ3v) is 3.22. The van der Waals surface area contributed by atoms with Crippen LogP contribution < -0.4 is 5.32 Å². The number of carbonyl (C=O) groups excluding carboxylic acids is 1. The second-order valence-electron chi connectivity index (χ2n) is 6.21. The summed E-state index contributed by atoms with van der Waals surface area (Å²) < 4.78 is 5.19. The summed E-state index contributed by atoms with van der Waals surface area (Å²) >= 11 is 0. The Morgan fingerprint density at radius 2 is 1.83 bits per heavy atom. The van der Waals surface area contributed by atoms with Crippen molar-refractivity contribution >= 4 is 11.9 Å². The van der Waals surface area contributed by atoms with Crippen molar-refractivity contribution in [3.05, 3.63) is 0 Å². The van der Waals surface area contributed by atoms with Gasteiger partial charge in [-0.05, 0) is 18.3 Å². The monoisotopic (exact) mass is 257 g/mol. The Kier molecular flexibility index (Phi) is 4.73. The number of carbonyl (C=O) groups is 2. The normalized spacial score (nSPS) is 19.3. The Morgan fingerprint density at radius 3 is 2.28 bits per heavy atom. The molecule has 0 aliphatic carbocycles. The first-order chi connectivity index (χ1) is 8.25. The smallest absolute Gasteiger partial charge is 0.311 e. The standard InChI is InChI=1S/C13H23NO4/c1-12(2,3)8-10(15)14-9-13(11(16)17)4-6-18-7-5-13/h4-9H2,1-3H3,(H,14,15)(H,16,17). The quantitative estimate of drug-likeness (QED) is 0.798. The van der Waals surface area contributed by atoms with Crippen molar-refractivity contribution in [2.75, 3.05) is 19.8 Å². The topological polar surface area (TPSA) is 75.6 Å². The zero-order chi connectivity index (χ0) is 13.8. The van der Waals surface area contributed by atoms with Gasteiger partial charge in [-0.25, -0.2) is 0 Å². The van der Waals surface area contributed by atoms with E-state index >= 15 is 0 Å². The van der Waals surface area contributed by atoms with Gasteiger partial charge in [-0.2, -0.15) is 0 Å². The first-order valence-electron chi connectivity index (χ1n) is 6.33. The molecule has 1 rings (SSSR count). The molecule has 18 heavy (non-hydrogen) atoms. The zero-order valence-electron chi connectivity index (χ0n) is 11.4. The molecule has 0 aromatic rings. The highest BCUT2D eigenvalue weighted by Gasteiger charge is 2.40. The number of nitrogens with one attached hydrogen (secondary N) is 1. The average molecular weight is 257 g/mol. The highest BCUT2D eigenvalue weighted by atomic mass is 16.5. The van der Waals surface area contributed by atoms with Crippen molar-refractivity contribution in [3.8, 4) is 0 Å². The van der Waals surface area contributed by atoms with Gasteiger partial charge in [0.15, 0.2) is 0 Å². The van der Waals surface area contributed by atoms with Crippen LogP contribution >= 0.6 is 0 Å². The molecular formula is C13H23NO4. The Morgan fingerprint density at radius 1 is 1.28 bits per heavy atom. The molecule has 1 saturated heterocycles. The van der Waals surface area contributed by atoms with Crippen LogP contribution in [0.1, 0.15) is 40.0 Å². The van der Waals surface area contributed by atoms with Gasteiger partial charge in [0.25, 0.3) is 0 Å². The van der Waals surface area contributed by atoms with Gasteiger partial charge < -0.3 is 15.2 Å². The van der Waals surface area contributed by atoms with Gasteiger partial charge in [0, 0.05) is 26.2 Å². The van der Waals surface area contributed by atoms with E-state index in [-0.39, 0.29) is 17.9 Å². The predicted octanol–water partition coefficient (Wildman–Crippen LogP) is 1.42. The number of rotatable bonds is 4. The molecule has 0 bridgehead atoms. The van der Waals surface area contributed by atoms with Crippen LogP contribution in [0.4, 0.5) is 0 Å². The zero-order valence-corrected chi connectivity index (χ0v) is 11.4. The van der Waals surface area contributed by atoms with Gasteiger partial charge >= 0.3 is 5.97 Å². The Bertz CT molecular complexity index is 313. The molecule has 5 nitrogen and oxygen atoms in total. The van der Waals surface area contributed by atoms with Crippen molar-refractivity contribution in [2.24, 2.45) is 10.8 Å². The number of carboxylic acids is 1. The molecule has 104 valence electrons. The fourth-order valence-corrected chi connectivity index (χ4v) is 2.04. The van der Waals surface area contributed by atoms with Crippen molar-refractivity contribution in [2.45, 2.75) is 40.0 Å². The third kappa shape index (κ3) is 4.29. The Hall–Kier alpha value is -1.10. The number of ether oxygens (including phenoxy) is 1. The van der Waals surface area contributed by atoms with Crippen LogP contribution in [0.15, 0.2) is 0 Å². The maximum Gasteiger partial charge on any atom is 0.311 e. The van der Waals surface area contributed by atoms with Gasteiger partial charge in [0.2, 0.25) is 5.91 Å². The highest BCUT2D eigenvalue weighted by molar-refractivity contribution is 5.79. The summed E-state index contributed by atoms with van der Waals surface area (Å²) in [4.78, 5) is 23.1. The molecule has 0 atom stereocenters. The molecule has 0 unspecified atom stereocenters. The minimum atomic E-state index is -0.855. The van der Waals surface area contributed by atoms with E-state index in [9.17, 15) is 14.7 Å². The van der Waals surface area contributed by atoms with Crippen molar-refractivity contribution in [1.82, 2.24) is 5.32 Å². The maximum atomic E-state index is 11.7. The lowest BCUT2D eigenvalue weighted by molar-refractivity contribution is -0.154. The fourth-order valence-electron chi connectivity index (χ4n) is 2.04. The first kappa shape index (κ1) is 15.0. The van der Waals surface area contributed by atoms with E-state index in [0.717, 1.165) is 0 Å². The van der Waals surface area contributed by atoms with Gasteiger partial charge in [-0.15, -0.1) is 0 Å². The van der Waals surface area contributed by atoms with E-state index in [4.69, 9.17) is 4.74 Å². The van der Waals surface area contributed by atoms with E-state index in [0.29, 0.717) is 32.5 Å². The lowest BCUT2D eigenvalue weighted by atomic mass is 9.80. The maximum absolute atomic E-state index is 11.7. The molecule has 5 heteroatoms. The summed E-state index contributed by atoms with van der Waals surface area (Å²) in [5.41, 5.74) is -0.943. The fraction of sp³-hybridized carbons (Fsp3) is 0.846. The predicted molar refractivity (Wildman–Crippen MR) is 67.2 cm³/mol. The van der Waals surface area contributed by atoms with Crippen LogP contribution in [0.3, 0.4) is 0 Å². The summed E-state index contributed by atoms with van der Waals surface area (Å²) in [7, 11) is 0. The molecule has 0 radical (unpaired) electrons. The molecule has 1 amide bonds. The highest BCUT2D eigenvalue weighted by Crippen LogP contribution is 2.30. The number of carboxylic acid groups (broad SMARTS) is 1. The first-order valence-corrected chi connectivity index (χ1v) is 6.33. The second-order valence-corrected chi connectivity index (χ2v) is 6.21. The van der Waals surface area contributed by atoms with Crippen molar-refractivity contribution < 1.29 is 19.4 Å². The number of hydrogen-bond donors (Lipinski definition) is 2. The lowest BCUT2D eigenvalue weighted by Crippen LogP contribution is -2.47. The summed E-state index contributed by atoms with van der Waals surface area (Å²) in [5.74, 6) is -0.934. The Labute approximate surface area is 108 Å². The lowest BCUT2D eigenvalue weighted by Gasteiger charge is -2.33. The molecule has 2 N–H and O–H groups in total. The molecule has 0 spiro atoms. The van der Waals surface area contributed by atoms with Gasteiger partial charge in [0.05, 0.1) is 5.41 Å². The van der Waals surface area contributed by atoms with Crippen LogP contribution in [0.5, 0.6) is 0 Å². The molecule has 0 saturated carbocycles. The number of hydrogen-bond acceptors (Lipinski definition) is 3. The summed E-state index contributed by atoms with van der Waals surface area (Å²) in [6.07, 6.45) is 1.31. The van der Waals surface area contributed by atoms with Crippen molar-refractivity contribution in [1.29, 1.82) is 0 Å². The summed E-state index contributed by atoms with van der Waals surface area (Å²) in [6, 6.07) is 0. The van der Waals surface area contributed by atoms with Gasteiger partial charge in [-0.1, -0.05) is 20.8 Å². The minimum absolute atomic E-state index is 0.0872. The van der Waals surface area contributed by atoms with E-state index in [1.54, 1.807) is 0 Å².